The van der Waals surface area contributed by atoms with Crippen LogP contribution in [0.3, 0.4) is 0 Å². The highest BCUT2D eigenvalue weighted by atomic mass is 16.5. The second kappa shape index (κ2) is 7.11. The lowest BCUT2D eigenvalue weighted by atomic mass is 9.97. The van der Waals surface area contributed by atoms with Gasteiger partial charge < -0.3 is 15.2 Å². The van der Waals surface area contributed by atoms with Crippen molar-refractivity contribution in [3.8, 4) is 5.75 Å². The van der Waals surface area contributed by atoms with E-state index in [-0.39, 0.29) is 17.9 Å². The van der Waals surface area contributed by atoms with Crippen LogP contribution in [0, 0.1) is 5.92 Å². The summed E-state index contributed by atoms with van der Waals surface area (Å²) in [5.74, 6) is 0.909. The highest BCUT2D eigenvalue weighted by Gasteiger charge is 2.42. The minimum Gasteiger partial charge on any atom is -0.488 e. The number of para-hydroxylation sites is 1. The molecule has 0 aromatic heterocycles. The molecule has 0 spiro atoms. The Kier molecular flexibility index (Phi) is 5.11. The SMILES string of the molecule is CN1CCCC1(C)C(=O)NC[C@H]1CC[C@@H](Oc2ccccc2)[C@@H]1O. The fraction of sp³-hybridized carbons (Fsp3) is 0.632. The van der Waals surface area contributed by atoms with Gasteiger partial charge in [-0.3, -0.25) is 9.69 Å². The van der Waals surface area contributed by atoms with Gasteiger partial charge in [-0.15, -0.1) is 0 Å². The number of likely N-dealkylation sites (N-methyl/N-ethyl adjacent to an activating group) is 1. The lowest BCUT2D eigenvalue weighted by molar-refractivity contribution is -0.130. The molecule has 5 nitrogen and oxygen atoms in total. The zero-order valence-electron chi connectivity index (χ0n) is 14.6. The molecule has 24 heavy (non-hydrogen) atoms. The molecule has 1 aromatic rings. The number of amides is 1. The third-order valence-electron chi connectivity index (χ3n) is 5.73. The standard InChI is InChI=1S/C19H28N2O3/c1-19(11-6-12-21(19)2)18(23)20-13-14-9-10-16(17(14)22)24-15-7-4-3-5-8-15/h3-5,7-8,14,16-17,22H,6,9-13H2,1-2H3,(H,20,23)/t14-,16-,17-,19?/m1/s1. The molecular weight excluding hydrogens is 304 g/mol. The van der Waals surface area contributed by atoms with Crippen LogP contribution in [0.5, 0.6) is 5.75 Å². The highest BCUT2D eigenvalue weighted by Crippen LogP contribution is 2.31. The van der Waals surface area contributed by atoms with Crippen LogP contribution in [-0.2, 0) is 4.79 Å². The molecule has 3 rings (SSSR count). The number of carbonyl (C=O) groups is 1. The average Bonchev–Trinajstić information content (AvgIpc) is 3.11. The number of aliphatic hydroxyl groups excluding tert-OH is 1. The summed E-state index contributed by atoms with van der Waals surface area (Å²) in [5.41, 5.74) is -0.413. The number of ether oxygens (including phenoxy) is 1. The van der Waals surface area contributed by atoms with Crippen LogP contribution in [0.4, 0.5) is 0 Å². The van der Waals surface area contributed by atoms with Gasteiger partial charge in [0.05, 0.1) is 11.6 Å². The predicted molar refractivity (Wildman–Crippen MR) is 92.9 cm³/mol. The van der Waals surface area contributed by atoms with Gasteiger partial charge in [0.1, 0.15) is 11.9 Å². The maximum absolute atomic E-state index is 12.5. The summed E-state index contributed by atoms with van der Waals surface area (Å²) in [5, 5.41) is 13.6. The summed E-state index contributed by atoms with van der Waals surface area (Å²) in [6, 6.07) is 9.59. The molecule has 2 fully saturated rings. The number of carbonyl (C=O) groups excluding carboxylic acids is 1. The van der Waals surface area contributed by atoms with Crippen molar-refractivity contribution >= 4 is 5.91 Å². The molecule has 1 aromatic carbocycles. The molecule has 0 radical (unpaired) electrons. The first kappa shape index (κ1) is 17.2. The molecule has 1 saturated carbocycles. The van der Waals surface area contributed by atoms with Gasteiger partial charge in [0.15, 0.2) is 0 Å². The van der Waals surface area contributed by atoms with Crippen LogP contribution in [0.2, 0.25) is 0 Å². The molecule has 4 atom stereocenters. The summed E-state index contributed by atoms with van der Waals surface area (Å²) in [4.78, 5) is 14.7. The zero-order chi connectivity index (χ0) is 17.2. The fourth-order valence-corrected chi connectivity index (χ4v) is 3.85. The summed E-state index contributed by atoms with van der Waals surface area (Å²) in [6.45, 7) is 3.47. The topological polar surface area (TPSA) is 61.8 Å². The maximum Gasteiger partial charge on any atom is 0.240 e. The Balaban J connectivity index is 1.51. The second-order valence-corrected chi connectivity index (χ2v) is 7.31. The van der Waals surface area contributed by atoms with Gasteiger partial charge in [0.25, 0.3) is 0 Å². The Hall–Kier alpha value is -1.59. The molecular formula is C19H28N2O3. The van der Waals surface area contributed by atoms with Crippen LogP contribution in [-0.4, -0.2) is 53.8 Å². The Morgan fingerprint density at radius 3 is 2.79 bits per heavy atom. The Bertz CT molecular complexity index is 565. The largest absolute Gasteiger partial charge is 0.488 e. The number of benzene rings is 1. The number of nitrogens with zero attached hydrogens (tertiary/aromatic N) is 1. The first-order valence-corrected chi connectivity index (χ1v) is 8.90. The summed E-state index contributed by atoms with van der Waals surface area (Å²) in [6.07, 6.45) is 2.89. The van der Waals surface area contributed by atoms with E-state index in [0.29, 0.717) is 6.54 Å². The van der Waals surface area contributed by atoms with Gasteiger partial charge in [-0.1, -0.05) is 18.2 Å². The zero-order valence-corrected chi connectivity index (χ0v) is 14.6. The highest BCUT2D eigenvalue weighted by molar-refractivity contribution is 5.86. The van der Waals surface area contributed by atoms with Crippen LogP contribution < -0.4 is 10.1 Å². The van der Waals surface area contributed by atoms with E-state index in [1.54, 1.807) is 0 Å². The number of hydrogen-bond acceptors (Lipinski definition) is 4. The number of likely N-dealkylation sites (tertiary alicyclic amines) is 1. The molecule has 132 valence electrons. The van der Waals surface area contributed by atoms with Crippen molar-refractivity contribution in [3.63, 3.8) is 0 Å². The number of aliphatic hydroxyl groups is 1. The van der Waals surface area contributed by atoms with Crippen molar-refractivity contribution in [2.75, 3.05) is 20.1 Å². The van der Waals surface area contributed by atoms with E-state index in [1.165, 1.54) is 0 Å². The van der Waals surface area contributed by atoms with E-state index < -0.39 is 11.6 Å². The van der Waals surface area contributed by atoms with Crippen molar-refractivity contribution in [1.29, 1.82) is 0 Å². The molecule has 1 heterocycles. The third-order valence-corrected chi connectivity index (χ3v) is 5.73. The summed E-state index contributed by atoms with van der Waals surface area (Å²) in [7, 11) is 2.00. The predicted octanol–water partition coefficient (Wildman–Crippen LogP) is 1.81. The van der Waals surface area contributed by atoms with E-state index in [0.717, 1.165) is 38.0 Å². The molecule has 1 saturated heterocycles. The van der Waals surface area contributed by atoms with E-state index >= 15 is 0 Å². The van der Waals surface area contributed by atoms with Crippen molar-refractivity contribution < 1.29 is 14.6 Å². The van der Waals surface area contributed by atoms with Crippen LogP contribution in [0.25, 0.3) is 0 Å². The summed E-state index contributed by atoms with van der Waals surface area (Å²) >= 11 is 0. The molecule has 2 N–H and O–H groups in total. The van der Waals surface area contributed by atoms with Gasteiger partial charge in [-0.05, 0) is 58.3 Å². The van der Waals surface area contributed by atoms with Crippen molar-refractivity contribution in [2.24, 2.45) is 5.92 Å². The van der Waals surface area contributed by atoms with Gasteiger partial charge in [-0.2, -0.15) is 0 Å². The van der Waals surface area contributed by atoms with E-state index in [2.05, 4.69) is 10.2 Å². The van der Waals surface area contributed by atoms with Crippen molar-refractivity contribution in [3.05, 3.63) is 30.3 Å². The van der Waals surface area contributed by atoms with Gasteiger partial charge in [0, 0.05) is 12.5 Å². The van der Waals surface area contributed by atoms with Crippen LogP contribution in [0.15, 0.2) is 30.3 Å². The minimum atomic E-state index is -0.542. The quantitative estimate of drug-likeness (QED) is 0.863. The molecule has 1 unspecified atom stereocenters. The number of hydrogen-bond donors (Lipinski definition) is 2. The second-order valence-electron chi connectivity index (χ2n) is 7.31. The van der Waals surface area contributed by atoms with Gasteiger partial charge in [0.2, 0.25) is 5.91 Å². The molecule has 1 amide bonds. The summed E-state index contributed by atoms with van der Waals surface area (Å²) < 4.78 is 5.89. The normalized spacial score (nSPS) is 33.5. The Morgan fingerprint density at radius 2 is 2.12 bits per heavy atom. The van der Waals surface area contributed by atoms with Crippen LogP contribution in [0.1, 0.15) is 32.6 Å². The maximum atomic E-state index is 12.5. The monoisotopic (exact) mass is 332 g/mol. The smallest absolute Gasteiger partial charge is 0.240 e. The van der Waals surface area contributed by atoms with Gasteiger partial charge >= 0.3 is 0 Å². The number of rotatable bonds is 5. The first-order valence-electron chi connectivity index (χ1n) is 8.90. The average molecular weight is 332 g/mol. The molecule has 1 aliphatic carbocycles. The van der Waals surface area contributed by atoms with E-state index in [4.69, 9.17) is 4.74 Å². The van der Waals surface area contributed by atoms with Crippen molar-refractivity contribution in [2.45, 2.75) is 50.4 Å². The van der Waals surface area contributed by atoms with E-state index in [9.17, 15) is 9.90 Å². The minimum absolute atomic E-state index is 0.0537. The Morgan fingerprint density at radius 1 is 1.38 bits per heavy atom. The van der Waals surface area contributed by atoms with E-state index in [1.807, 2.05) is 44.3 Å². The molecule has 5 heteroatoms. The van der Waals surface area contributed by atoms with Crippen molar-refractivity contribution in [1.82, 2.24) is 10.2 Å². The lowest BCUT2D eigenvalue weighted by Crippen LogP contribution is -2.53. The molecule has 2 aliphatic rings. The molecule has 0 bridgehead atoms. The first-order chi connectivity index (χ1) is 11.5. The van der Waals surface area contributed by atoms with Crippen LogP contribution >= 0.6 is 0 Å². The van der Waals surface area contributed by atoms with Gasteiger partial charge in [-0.25, -0.2) is 0 Å². The Labute approximate surface area is 144 Å². The number of nitrogens with one attached hydrogen (secondary N) is 1. The third kappa shape index (κ3) is 3.42. The molecule has 1 aliphatic heterocycles. The lowest BCUT2D eigenvalue weighted by Gasteiger charge is -2.31. The fourth-order valence-electron chi connectivity index (χ4n) is 3.85.